The van der Waals surface area contributed by atoms with Gasteiger partial charge in [0.2, 0.25) is 0 Å². The van der Waals surface area contributed by atoms with E-state index in [1.165, 1.54) is 5.75 Å². The predicted molar refractivity (Wildman–Crippen MR) is 66.0 cm³/mol. The molecule has 0 amide bonds. The van der Waals surface area contributed by atoms with Gasteiger partial charge in [-0.15, -0.1) is 0 Å². The van der Waals surface area contributed by atoms with Crippen LogP contribution in [0.25, 0.3) is 0 Å². The summed E-state index contributed by atoms with van der Waals surface area (Å²) in [5.74, 6) is 1.17. The van der Waals surface area contributed by atoms with Gasteiger partial charge >= 0.3 is 0 Å². The molecule has 0 aliphatic carbocycles. The van der Waals surface area contributed by atoms with E-state index in [9.17, 15) is 0 Å². The summed E-state index contributed by atoms with van der Waals surface area (Å²) < 4.78 is 2.04. The van der Waals surface area contributed by atoms with Crippen LogP contribution in [-0.4, -0.2) is 46.6 Å². The van der Waals surface area contributed by atoms with E-state index in [0.717, 1.165) is 25.3 Å². The number of rotatable bonds is 7. The highest BCUT2D eigenvalue weighted by Gasteiger charge is 2.02. The highest BCUT2D eigenvalue weighted by molar-refractivity contribution is 7.98. The molecule has 1 aromatic rings. The Bertz CT molecular complexity index is 274. The summed E-state index contributed by atoms with van der Waals surface area (Å²) in [5, 5.41) is 0. The largest absolute Gasteiger partial charge is 0.336 e. The van der Waals surface area contributed by atoms with E-state index in [2.05, 4.69) is 29.4 Å². The first-order valence-electron chi connectivity index (χ1n) is 5.14. The summed E-state index contributed by atoms with van der Waals surface area (Å²) in [6.45, 7) is 3.53. The average Bonchev–Trinajstić information content (AvgIpc) is 2.63. The van der Waals surface area contributed by atoms with Crippen molar-refractivity contribution >= 4 is 11.8 Å². The van der Waals surface area contributed by atoms with E-state index in [1.54, 1.807) is 0 Å². The van der Waals surface area contributed by atoms with Crippen molar-refractivity contribution in [3.05, 3.63) is 18.2 Å². The standard InChI is InChI=1S/C10H20N4S/c1-13(5-6-15-2)7-10-8-14(4-3-11)9-12-10/h8-9H,3-7,11H2,1-2H3. The maximum absolute atomic E-state index is 5.47. The van der Waals surface area contributed by atoms with E-state index in [0.29, 0.717) is 6.54 Å². The molecule has 0 aliphatic rings. The van der Waals surface area contributed by atoms with Gasteiger partial charge in [-0.3, -0.25) is 4.90 Å². The fraction of sp³-hybridized carbons (Fsp3) is 0.700. The molecule has 0 bridgehead atoms. The predicted octanol–water partition coefficient (Wildman–Crippen LogP) is 0.637. The summed E-state index contributed by atoms with van der Waals surface area (Å²) in [4.78, 5) is 6.63. The van der Waals surface area contributed by atoms with Crippen molar-refractivity contribution in [2.24, 2.45) is 5.73 Å². The van der Waals surface area contributed by atoms with Crippen molar-refractivity contribution in [1.82, 2.24) is 14.5 Å². The number of hydrogen-bond donors (Lipinski definition) is 1. The van der Waals surface area contributed by atoms with Crippen molar-refractivity contribution < 1.29 is 0 Å². The van der Waals surface area contributed by atoms with Crippen molar-refractivity contribution in [3.8, 4) is 0 Å². The van der Waals surface area contributed by atoms with Crippen molar-refractivity contribution in [2.45, 2.75) is 13.1 Å². The fourth-order valence-corrected chi connectivity index (χ4v) is 1.86. The van der Waals surface area contributed by atoms with Crippen molar-refractivity contribution in [2.75, 3.05) is 32.1 Å². The molecule has 0 aliphatic heterocycles. The van der Waals surface area contributed by atoms with Gasteiger partial charge in [-0.1, -0.05) is 0 Å². The minimum atomic E-state index is 0.665. The van der Waals surface area contributed by atoms with E-state index in [1.807, 2.05) is 22.7 Å². The second-order valence-corrected chi connectivity index (χ2v) is 4.61. The molecule has 86 valence electrons. The third kappa shape index (κ3) is 4.68. The lowest BCUT2D eigenvalue weighted by atomic mass is 10.4. The molecule has 0 fully saturated rings. The number of thioether (sulfide) groups is 1. The van der Waals surface area contributed by atoms with Gasteiger partial charge in [0.15, 0.2) is 0 Å². The molecular weight excluding hydrogens is 208 g/mol. The Hall–Kier alpha value is -0.520. The highest BCUT2D eigenvalue weighted by atomic mass is 32.2. The molecule has 0 saturated carbocycles. The molecule has 0 saturated heterocycles. The topological polar surface area (TPSA) is 47.1 Å². The SMILES string of the molecule is CSCCN(C)Cc1cn(CCN)cn1. The van der Waals surface area contributed by atoms with Gasteiger partial charge in [0.1, 0.15) is 0 Å². The number of imidazole rings is 1. The van der Waals surface area contributed by atoms with Gasteiger partial charge in [-0.25, -0.2) is 4.98 Å². The lowest BCUT2D eigenvalue weighted by Gasteiger charge is -2.13. The van der Waals surface area contributed by atoms with Crippen LogP contribution in [0, 0.1) is 0 Å². The number of nitrogens with zero attached hydrogens (tertiary/aromatic N) is 3. The molecule has 4 nitrogen and oxygen atoms in total. The molecule has 1 heterocycles. The molecule has 0 spiro atoms. The Labute approximate surface area is 95.8 Å². The molecule has 0 atom stereocenters. The second kappa shape index (κ2) is 6.87. The highest BCUT2D eigenvalue weighted by Crippen LogP contribution is 2.01. The van der Waals surface area contributed by atoms with E-state index >= 15 is 0 Å². The van der Waals surface area contributed by atoms with Gasteiger partial charge in [0.25, 0.3) is 0 Å². The maximum Gasteiger partial charge on any atom is 0.0950 e. The molecule has 15 heavy (non-hydrogen) atoms. The zero-order chi connectivity index (χ0) is 11.1. The van der Waals surface area contributed by atoms with Crippen molar-refractivity contribution in [1.29, 1.82) is 0 Å². The lowest BCUT2D eigenvalue weighted by molar-refractivity contribution is 0.344. The molecule has 1 rings (SSSR count). The Balaban J connectivity index is 2.35. The summed E-state index contributed by atoms with van der Waals surface area (Å²) in [5.41, 5.74) is 6.59. The summed E-state index contributed by atoms with van der Waals surface area (Å²) in [6, 6.07) is 0. The Morgan fingerprint density at radius 2 is 2.40 bits per heavy atom. The lowest BCUT2D eigenvalue weighted by Crippen LogP contribution is -2.20. The molecule has 0 radical (unpaired) electrons. The summed E-state index contributed by atoms with van der Waals surface area (Å²) in [6.07, 6.45) is 6.05. The smallest absolute Gasteiger partial charge is 0.0950 e. The third-order valence-electron chi connectivity index (χ3n) is 2.18. The van der Waals surface area contributed by atoms with Gasteiger partial charge in [0.05, 0.1) is 12.0 Å². The van der Waals surface area contributed by atoms with Crippen LogP contribution in [0.4, 0.5) is 0 Å². The van der Waals surface area contributed by atoms with E-state index in [-0.39, 0.29) is 0 Å². The Morgan fingerprint density at radius 3 is 3.07 bits per heavy atom. The average molecular weight is 228 g/mol. The van der Waals surface area contributed by atoms with Crippen LogP contribution < -0.4 is 5.73 Å². The monoisotopic (exact) mass is 228 g/mol. The molecule has 0 aromatic carbocycles. The first-order valence-corrected chi connectivity index (χ1v) is 6.54. The van der Waals surface area contributed by atoms with E-state index in [4.69, 9.17) is 5.73 Å². The van der Waals surface area contributed by atoms with Crippen LogP contribution in [-0.2, 0) is 13.1 Å². The van der Waals surface area contributed by atoms with Crippen LogP contribution in [0.1, 0.15) is 5.69 Å². The zero-order valence-corrected chi connectivity index (χ0v) is 10.3. The quantitative estimate of drug-likeness (QED) is 0.744. The van der Waals surface area contributed by atoms with Crippen LogP contribution in [0.3, 0.4) is 0 Å². The van der Waals surface area contributed by atoms with Crippen LogP contribution in [0.2, 0.25) is 0 Å². The van der Waals surface area contributed by atoms with Gasteiger partial charge in [-0.2, -0.15) is 11.8 Å². The van der Waals surface area contributed by atoms with Crippen LogP contribution in [0.5, 0.6) is 0 Å². The molecular formula is C10H20N4S. The van der Waals surface area contributed by atoms with Gasteiger partial charge in [-0.05, 0) is 13.3 Å². The van der Waals surface area contributed by atoms with E-state index < -0.39 is 0 Å². The molecule has 2 N–H and O–H groups in total. The van der Waals surface area contributed by atoms with Crippen molar-refractivity contribution in [3.63, 3.8) is 0 Å². The Kier molecular flexibility index (Phi) is 5.75. The number of aromatic nitrogens is 2. The minimum Gasteiger partial charge on any atom is -0.336 e. The minimum absolute atomic E-state index is 0.665. The first kappa shape index (κ1) is 12.5. The Morgan fingerprint density at radius 1 is 1.60 bits per heavy atom. The van der Waals surface area contributed by atoms with Crippen LogP contribution in [0.15, 0.2) is 12.5 Å². The fourth-order valence-electron chi connectivity index (χ4n) is 1.36. The normalized spacial score (nSPS) is 11.2. The molecule has 0 unspecified atom stereocenters. The zero-order valence-electron chi connectivity index (χ0n) is 9.52. The first-order chi connectivity index (χ1) is 7.26. The number of hydrogen-bond acceptors (Lipinski definition) is 4. The molecule has 1 aromatic heterocycles. The number of nitrogens with two attached hydrogens (primary N) is 1. The van der Waals surface area contributed by atoms with Crippen LogP contribution >= 0.6 is 11.8 Å². The van der Waals surface area contributed by atoms with Gasteiger partial charge < -0.3 is 10.3 Å². The maximum atomic E-state index is 5.47. The second-order valence-electron chi connectivity index (χ2n) is 3.62. The van der Waals surface area contributed by atoms with Gasteiger partial charge in [0, 0.05) is 38.1 Å². The molecule has 5 heteroatoms. The summed E-state index contributed by atoms with van der Waals surface area (Å²) >= 11 is 1.87. The third-order valence-corrected chi connectivity index (χ3v) is 2.77. The summed E-state index contributed by atoms with van der Waals surface area (Å²) in [7, 11) is 2.12.